The number of carbonyl (C=O) groups is 2. The van der Waals surface area contributed by atoms with Gasteiger partial charge < -0.3 is 10.2 Å². The second-order valence-corrected chi connectivity index (χ2v) is 9.61. The highest BCUT2D eigenvalue weighted by molar-refractivity contribution is 5.94. The molecule has 0 radical (unpaired) electrons. The molecule has 3 aromatic rings. The lowest BCUT2D eigenvalue weighted by Crippen LogP contribution is -2.40. The third-order valence-electron chi connectivity index (χ3n) is 7.30. The van der Waals surface area contributed by atoms with Gasteiger partial charge in [0.1, 0.15) is 0 Å². The molecule has 6 rings (SSSR count). The number of benzene rings is 1. The quantitative estimate of drug-likeness (QED) is 0.499. The zero-order valence-corrected chi connectivity index (χ0v) is 19.6. The summed E-state index contributed by atoms with van der Waals surface area (Å²) in [6, 6.07) is 13.7. The fourth-order valence-electron chi connectivity index (χ4n) is 5.08. The second kappa shape index (κ2) is 9.32. The van der Waals surface area contributed by atoms with Crippen LogP contribution < -0.4 is 0 Å². The Balaban J connectivity index is 1.32. The number of aromatic nitrogens is 2. The molecule has 1 aromatic carbocycles. The standard InChI is InChI=1S/C30H24N2O4/c33-27(34)23-17-22(18-24(20-23)28(35)36)5-8-30-12-9-29(10-13-30,11-14-30)7-4-21-6-16-32-26(19-21)25-3-1-2-15-31-25/h1-3,6,15-20H,9-14H2,(H,33,34)(H,35,36). The largest absolute Gasteiger partial charge is 0.478 e. The Hall–Kier alpha value is -4.42. The number of nitrogens with zero attached hydrogens (tertiary/aromatic N) is 2. The lowest BCUT2D eigenvalue weighted by atomic mass is 9.54. The first-order valence-electron chi connectivity index (χ1n) is 11.9. The molecule has 3 aliphatic carbocycles. The molecule has 0 amide bonds. The number of carboxylic acid groups (broad SMARTS) is 2. The SMILES string of the molecule is O=C(O)c1cc(C#CC23CCC(C#Cc4ccnc(-c5ccccn5)c4)(CC2)CC3)cc(C(=O)O)c1. The fourth-order valence-corrected chi connectivity index (χ4v) is 5.08. The van der Waals surface area contributed by atoms with Crippen molar-refractivity contribution in [3.05, 3.63) is 83.2 Å². The molecule has 2 bridgehead atoms. The van der Waals surface area contributed by atoms with E-state index in [1.807, 2.05) is 30.3 Å². The summed E-state index contributed by atoms with van der Waals surface area (Å²) >= 11 is 0. The number of pyridine rings is 2. The average Bonchev–Trinajstić information content (AvgIpc) is 2.92. The van der Waals surface area contributed by atoms with Crippen molar-refractivity contribution in [1.82, 2.24) is 9.97 Å². The van der Waals surface area contributed by atoms with E-state index in [4.69, 9.17) is 0 Å². The summed E-state index contributed by atoms with van der Waals surface area (Å²) in [5, 5.41) is 18.6. The normalized spacial score (nSPS) is 22.0. The van der Waals surface area contributed by atoms with Crippen LogP contribution in [-0.2, 0) is 0 Å². The van der Waals surface area contributed by atoms with Gasteiger partial charge in [-0.15, -0.1) is 0 Å². The molecule has 0 saturated heterocycles. The van der Waals surface area contributed by atoms with Crippen LogP contribution in [-0.4, -0.2) is 32.1 Å². The Morgan fingerprint density at radius 3 is 1.75 bits per heavy atom. The smallest absolute Gasteiger partial charge is 0.335 e. The van der Waals surface area contributed by atoms with Crippen LogP contribution in [0.4, 0.5) is 0 Å². The maximum Gasteiger partial charge on any atom is 0.335 e. The summed E-state index contributed by atoms with van der Waals surface area (Å²) < 4.78 is 0. The fraction of sp³-hybridized carbons (Fsp3) is 0.267. The van der Waals surface area contributed by atoms with E-state index in [0.717, 1.165) is 61.5 Å². The van der Waals surface area contributed by atoms with E-state index in [2.05, 4.69) is 33.6 Å². The van der Waals surface area contributed by atoms with E-state index in [9.17, 15) is 19.8 Å². The van der Waals surface area contributed by atoms with Gasteiger partial charge in [0.2, 0.25) is 0 Å². The van der Waals surface area contributed by atoms with Gasteiger partial charge >= 0.3 is 11.9 Å². The molecule has 0 spiro atoms. The van der Waals surface area contributed by atoms with Crippen molar-refractivity contribution in [3.63, 3.8) is 0 Å². The molecule has 3 fully saturated rings. The molecular weight excluding hydrogens is 452 g/mol. The van der Waals surface area contributed by atoms with Crippen molar-refractivity contribution < 1.29 is 19.8 Å². The minimum Gasteiger partial charge on any atom is -0.478 e. The first kappa shape index (κ1) is 23.3. The highest BCUT2D eigenvalue weighted by atomic mass is 16.4. The van der Waals surface area contributed by atoms with Gasteiger partial charge in [-0.3, -0.25) is 9.97 Å². The molecule has 0 aliphatic heterocycles. The van der Waals surface area contributed by atoms with E-state index in [1.54, 1.807) is 12.4 Å². The average molecular weight is 477 g/mol. The maximum absolute atomic E-state index is 11.4. The van der Waals surface area contributed by atoms with E-state index in [0.29, 0.717) is 5.56 Å². The third-order valence-corrected chi connectivity index (χ3v) is 7.30. The van der Waals surface area contributed by atoms with Gasteiger partial charge in [0.05, 0.1) is 22.5 Å². The van der Waals surface area contributed by atoms with Crippen LogP contribution in [0.15, 0.2) is 60.9 Å². The predicted molar refractivity (Wildman–Crippen MR) is 134 cm³/mol. The van der Waals surface area contributed by atoms with Crippen molar-refractivity contribution in [2.75, 3.05) is 0 Å². The summed E-state index contributed by atoms with van der Waals surface area (Å²) in [6.45, 7) is 0. The van der Waals surface area contributed by atoms with Gasteiger partial charge in [-0.2, -0.15) is 0 Å². The van der Waals surface area contributed by atoms with Gasteiger partial charge in [-0.1, -0.05) is 29.7 Å². The second-order valence-electron chi connectivity index (χ2n) is 9.61. The number of aromatic carboxylic acids is 2. The number of hydrogen-bond donors (Lipinski definition) is 2. The molecule has 6 heteroatoms. The maximum atomic E-state index is 11.4. The Bertz CT molecular complexity index is 1410. The number of fused-ring (bicyclic) bond motifs is 3. The van der Waals surface area contributed by atoms with Crippen LogP contribution in [0.3, 0.4) is 0 Å². The topological polar surface area (TPSA) is 100 Å². The van der Waals surface area contributed by atoms with E-state index in [1.165, 1.54) is 12.1 Å². The summed E-state index contributed by atoms with van der Waals surface area (Å²) in [6.07, 6.45) is 9.18. The molecule has 2 heterocycles. The first-order valence-corrected chi connectivity index (χ1v) is 11.9. The van der Waals surface area contributed by atoms with Crippen LogP contribution in [0.5, 0.6) is 0 Å². The van der Waals surface area contributed by atoms with Crippen LogP contribution >= 0.6 is 0 Å². The Labute approximate surface area is 209 Å². The summed E-state index contributed by atoms with van der Waals surface area (Å²) in [4.78, 5) is 31.6. The molecule has 6 nitrogen and oxygen atoms in total. The summed E-state index contributed by atoms with van der Waals surface area (Å²) in [5.41, 5.74) is 2.69. The van der Waals surface area contributed by atoms with Crippen molar-refractivity contribution in [1.29, 1.82) is 0 Å². The van der Waals surface area contributed by atoms with Crippen LogP contribution in [0.25, 0.3) is 11.4 Å². The van der Waals surface area contributed by atoms with Crippen molar-refractivity contribution in [3.8, 4) is 35.1 Å². The van der Waals surface area contributed by atoms with Gasteiger partial charge in [0.25, 0.3) is 0 Å². The Kier molecular flexibility index (Phi) is 6.04. The van der Waals surface area contributed by atoms with Crippen molar-refractivity contribution in [2.45, 2.75) is 38.5 Å². The third kappa shape index (κ3) is 4.85. The number of hydrogen-bond acceptors (Lipinski definition) is 4. The lowest BCUT2D eigenvalue weighted by molar-refractivity contribution is 0.0696. The minimum atomic E-state index is -1.17. The van der Waals surface area contributed by atoms with Crippen LogP contribution in [0.1, 0.15) is 70.4 Å². The van der Waals surface area contributed by atoms with Gasteiger partial charge in [0.15, 0.2) is 0 Å². The number of carboxylic acids is 2. The molecule has 36 heavy (non-hydrogen) atoms. The molecule has 0 unspecified atom stereocenters. The van der Waals surface area contributed by atoms with Crippen molar-refractivity contribution in [2.24, 2.45) is 10.8 Å². The van der Waals surface area contributed by atoms with E-state index < -0.39 is 11.9 Å². The van der Waals surface area contributed by atoms with Gasteiger partial charge in [0, 0.05) is 34.4 Å². The van der Waals surface area contributed by atoms with Gasteiger partial charge in [-0.05, 0) is 81.0 Å². The Morgan fingerprint density at radius 2 is 1.22 bits per heavy atom. The van der Waals surface area contributed by atoms with Gasteiger partial charge in [-0.25, -0.2) is 9.59 Å². The summed E-state index contributed by atoms with van der Waals surface area (Å²) in [5.74, 6) is 11.1. The lowest BCUT2D eigenvalue weighted by Gasteiger charge is -2.48. The first-order chi connectivity index (χ1) is 17.4. The molecule has 3 aliphatic rings. The molecule has 178 valence electrons. The Morgan fingerprint density at radius 1 is 0.667 bits per heavy atom. The molecular formula is C30H24N2O4. The highest BCUT2D eigenvalue weighted by Gasteiger charge is 2.47. The predicted octanol–water partition coefficient (Wildman–Crippen LogP) is 5.28. The molecule has 2 N–H and O–H groups in total. The zero-order chi connectivity index (χ0) is 25.2. The minimum absolute atomic E-state index is 0.0163. The van der Waals surface area contributed by atoms with E-state index in [-0.39, 0.29) is 22.0 Å². The zero-order valence-electron chi connectivity index (χ0n) is 19.6. The van der Waals surface area contributed by atoms with Crippen LogP contribution in [0, 0.1) is 34.5 Å². The van der Waals surface area contributed by atoms with Crippen molar-refractivity contribution >= 4 is 11.9 Å². The molecule has 2 aromatic heterocycles. The molecule has 0 atom stereocenters. The summed E-state index contributed by atoms with van der Waals surface area (Å²) in [7, 11) is 0. The number of rotatable bonds is 3. The monoisotopic (exact) mass is 476 g/mol. The molecule has 3 saturated carbocycles. The highest BCUT2D eigenvalue weighted by Crippen LogP contribution is 2.56. The van der Waals surface area contributed by atoms with E-state index >= 15 is 0 Å². The van der Waals surface area contributed by atoms with Crippen LogP contribution in [0.2, 0.25) is 0 Å².